The Morgan fingerprint density at radius 1 is 1.26 bits per heavy atom. The predicted molar refractivity (Wildman–Crippen MR) is 70.6 cm³/mol. The highest BCUT2D eigenvalue weighted by molar-refractivity contribution is 6.19. The second kappa shape index (κ2) is 3.82. The van der Waals surface area contributed by atoms with Crippen LogP contribution in [-0.4, -0.2) is 23.2 Å². The van der Waals surface area contributed by atoms with Crippen LogP contribution < -0.4 is 0 Å². The van der Waals surface area contributed by atoms with Gasteiger partial charge in [0.2, 0.25) is 0 Å². The van der Waals surface area contributed by atoms with E-state index >= 15 is 0 Å². The Morgan fingerprint density at radius 3 is 2.95 bits per heavy atom. The van der Waals surface area contributed by atoms with Crippen molar-refractivity contribution in [3.8, 4) is 0 Å². The molecule has 4 rings (SSSR count). The highest BCUT2D eigenvalue weighted by atomic mass is 16.5. The predicted octanol–water partition coefficient (Wildman–Crippen LogP) is 2.81. The molecule has 0 aromatic heterocycles. The molecular formula is C15H12N2O2. The first-order valence-corrected chi connectivity index (χ1v) is 6.34. The summed E-state index contributed by atoms with van der Waals surface area (Å²) in [6, 6.07) is 9.68. The monoisotopic (exact) mass is 252 g/mol. The Balaban J connectivity index is 1.80. The van der Waals surface area contributed by atoms with Gasteiger partial charge in [-0.3, -0.25) is 4.90 Å². The lowest BCUT2D eigenvalue weighted by Crippen LogP contribution is -2.37. The van der Waals surface area contributed by atoms with Gasteiger partial charge in [-0.1, -0.05) is 36.4 Å². The molecule has 0 fully saturated rings. The average molecular weight is 252 g/mol. The van der Waals surface area contributed by atoms with Crippen LogP contribution in [0.25, 0.3) is 0 Å². The van der Waals surface area contributed by atoms with Crippen molar-refractivity contribution in [3.05, 3.63) is 59.5 Å². The van der Waals surface area contributed by atoms with Crippen LogP contribution in [0.3, 0.4) is 0 Å². The minimum Gasteiger partial charge on any atom is -0.493 e. The largest absolute Gasteiger partial charge is 0.493 e. The fourth-order valence-corrected chi connectivity index (χ4v) is 2.79. The van der Waals surface area contributed by atoms with Crippen molar-refractivity contribution in [3.63, 3.8) is 0 Å². The Hall–Kier alpha value is -2.36. The number of aliphatic imine (C=N–C) groups is 1. The normalized spacial score (nSPS) is 24.2. The summed E-state index contributed by atoms with van der Waals surface area (Å²) in [6.07, 6.45) is 4.62. The van der Waals surface area contributed by atoms with Gasteiger partial charge in [0.1, 0.15) is 18.1 Å². The molecule has 2 heterocycles. The first kappa shape index (κ1) is 10.6. The molecular weight excluding hydrogens is 240 g/mol. The molecule has 0 saturated carbocycles. The number of rotatable bonds is 1. The number of carbonyl (C=O) groups excluding carboxylic acids is 1. The molecule has 4 heteroatoms. The number of amides is 2. The number of hydrogen-bond donors (Lipinski definition) is 0. The number of ether oxygens (including phenoxy) is 1. The van der Waals surface area contributed by atoms with E-state index in [2.05, 4.69) is 4.99 Å². The number of benzene rings is 1. The summed E-state index contributed by atoms with van der Waals surface area (Å²) < 4.78 is 5.83. The van der Waals surface area contributed by atoms with Crippen LogP contribution in [0, 0.1) is 0 Å². The third-order valence-electron chi connectivity index (χ3n) is 3.66. The molecule has 94 valence electrons. The third-order valence-corrected chi connectivity index (χ3v) is 3.66. The van der Waals surface area contributed by atoms with Crippen molar-refractivity contribution in [2.24, 2.45) is 4.99 Å². The van der Waals surface area contributed by atoms with Gasteiger partial charge in [0.05, 0.1) is 11.8 Å². The molecule has 0 saturated heterocycles. The van der Waals surface area contributed by atoms with Gasteiger partial charge in [0, 0.05) is 6.42 Å². The second-order valence-corrected chi connectivity index (χ2v) is 4.77. The van der Waals surface area contributed by atoms with E-state index in [1.807, 2.05) is 42.5 Å². The standard InChI is InChI=1S/C15H12N2O2/c18-15-16-11-7-4-8-13-14(11)17(15)12(9-19-13)10-5-2-1-3-6-10/h1-7,12H,8-9H2. The Morgan fingerprint density at radius 2 is 2.11 bits per heavy atom. The molecule has 2 amide bonds. The van der Waals surface area contributed by atoms with Crippen molar-refractivity contribution in [1.29, 1.82) is 0 Å². The van der Waals surface area contributed by atoms with Gasteiger partial charge in [-0.2, -0.15) is 4.99 Å². The van der Waals surface area contributed by atoms with Crippen molar-refractivity contribution in [2.45, 2.75) is 12.5 Å². The molecule has 2 aliphatic heterocycles. The molecule has 1 aromatic rings. The molecule has 0 N–H and O–H groups in total. The molecule has 1 atom stereocenters. The van der Waals surface area contributed by atoms with Crippen LogP contribution in [0.1, 0.15) is 18.0 Å². The molecule has 4 nitrogen and oxygen atoms in total. The number of hydrogen-bond acceptors (Lipinski definition) is 2. The van der Waals surface area contributed by atoms with Crippen molar-refractivity contribution in [1.82, 2.24) is 4.90 Å². The molecule has 1 aromatic carbocycles. The molecule has 1 aliphatic carbocycles. The van der Waals surface area contributed by atoms with Gasteiger partial charge in [-0.05, 0) is 11.6 Å². The lowest BCUT2D eigenvalue weighted by molar-refractivity contribution is 0.0986. The lowest BCUT2D eigenvalue weighted by atomic mass is 10.0. The summed E-state index contributed by atoms with van der Waals surface area (Å²) in [7, 11) is 0. The fraction of sp³-hybridized carbons (Fsp3) is 0.200. The highest BCUT2D eigenvalue weighted by Crippen LogP contribution is 2.39. The topological polar surface area (TPSA) is 41.9 Å². The zero-order valence-corrected chi connectivity index (χ0v) is 10.2. The van der Waals surface area contributed by atoms with Gasteiger partial charge in [0.25, 0.3) is 0 Å². The summed E-state index contributed by atoms with van der Waals surface area (Å²) in [5.41, 5.74) is 2.66. The van der Waals surface area contributed by atoms with Crippen LogP contribution in [0.5, 0.6) is 0 Å². The van der Waals surface area contributed by atoms with E-state index in [4.69, 9.17) is 4.74 Å². The van der Waals surface area contributed by atoms with Gasteiger partial charge in [-0.15, -0.1) is 0 Å². The maximum absolute atomic E-state index is 12.1. The Kier molecular flexibility index (Phi) is 2.12. The molecule has 3 aliphatic rings. The first-order valence-electron chi connectivity index (χ1n) is 6.34. The van der Waals surface area contributed by atoms with Crippen molar-refractivity contribution >= 4 is 11.7 Å². The number of carbonyl (C=O) groups is 1. The van der Waals surface area contributed by atoms with E-state index in [9.17, 15) is 4.79 Å². The summed E-state index contributed by atoms with van der Waals surface area (Å²) in [5.74, 6) is 0.860. The lowest BCUT2D eigenvalue weighted by Gasteiger charge is -2.35. The fourth-order valence-electron chi connectivity index (χ4n) is 2.79. The molecule has 0 radical (unpaired) electrons. The number of allylic oxidation sites excluding steroid dienone is 2. The van der Waals surface area contributed by atoms with Gasteiger partial charge >= 0.3 is 6.03 Å². The summed E-state index contributed by atoms with van der Waals surface area (Å²) >= 11 is 0. The molecule has 1 unspecified atom stereocenters. The summed E-state index contributed by atoms with van der Waals surface area (Å²) in [5, 5.41) is 0. The van der Waals surface area contributed by atoms with Crippen LogP contribution in [0.2, 0.25) is 0 Å². The third kappa shape index (κ3) is 1.46. The zero-order chi connectivity index (χ0) is 12.8. The minimum absolute atomic E-state index is 0.0831. The smallest absolute Gasteiger partial charge is 0.349 e. The van der Waals surface area contributed by atoms with Crippen LogP contribution in [-0.2, 0) is 4.74 Å². The quantitative estimate of drug-likeness (QED) is 0.771. The van der Waals surface area contributed by atoms with Crippen molar-refractivity contribution < 1.29 is 9.53 Å². The molecule has 0 bridgehead atoms. The van der Waals surface area contributed by atoms with Gasteiger partial charge in [0.15, 0.2) is 0 Å². The van der Waals surface area contributed by atoms with E-state index in [-0.39, 0.29) is 12.1 Å². The Labute approximate surface area is 110 Å². The maximum atomic E-state index is 12.1. The van der Waals surface area contributed by atoms with E-state index in [1.54, 1.807) is 4.90 Å². The Bertz CT molecular complexity index is 643. The molecule has 0 spiro atoms. The van der Waals surface area contributed by atoms with E-state index < -0.39 is 0 Å². The minimum atomic E-state index is -0.189. The number of nitrogens with zero attached hydrogens (tertiary/aromatic N) is 2. The second-order valence-electron chi connectivity index (χ2n) is 4.77. The maximum Gasteiger partial charge on any atom is 0.349 e. The highest BCUT2D eigenvalue weighted by Gasteiger charge is 2.41. The molecule has 19 heavy (non-hydrogen) atoms. The van der Waals surface area contributed by atoms with E-state index in [1.165, 1.54) is 0 Å². The van der Waals surface area contributed by atoms with Crippen molar-refractivity contribution in [2.75, 3.05) is 6.61 Å². The average Bonchev–Trinajstić information content (AvgIpc) is 2.80. The first-order chi connectivity index (χ1) is 9.34. The summed E-state index contributed by atoms with van der Waals surface area (Å²) in [6.45, 7) is 0.491. The van der Waals surface area contributed by atoms with Gasteiger partial charge < -0.3 is 4.74 Å². The zero-order valence-electron chi connectivity index (χ0n) is 10.2. The van der Waals surface area contributed by atoms with Crippen LogP contribution >= 0.6 is 0 Å². The van der Waals surface area contributed by atoms with E-state index in [0.717, 1.165) is 29.2 Å². The van der Waals surface area contributed by atoms with E-state index in [0.29, 0.717) is 6.61 Å². The van der Waals surface area contributed by atoms with Gasteiger partial charge in [-0.25, -0.2) is 4.79 Å². The SMILES string of the molecule is O=C1N=C2C=CCC3=C2N1C(c1ccccc1)CO3. The number of urea groups is 1. The summed E-state index contributed by atoms with van der Waals surface area (Å²) in [4.78, 5) is 18.0. The van der Waals surface area contributed by atoms with Crippen LogP contribution in [0.4, 0.5) is 4.79 Å². The van der Waals surface area contributed by atoms with Crippen LogP contribution in [0.15, 0.2) is 58.9 Å².